The predicted molar refractivity (Wildman–Crippen MR) is 94.5 cm³/mol. The fourth-order valence-corrected chi connectivity index (χ4v) is 2.55. The SMILES string of the molecule is Cc1cccc(OC(F)F)c1NC(=O)N(C)C(C)c1cccc(Cl)c1. The van der Waals surface area contributed by atoms with Crippen LogP contribution in [0.2, 0.25) is 5.02 Å². The Morgan fingerprint density at radius 1 is 1.24 bits per heavy atom. The van der Waals surface area contributed by atoms with Gasteiger partial charge < -0.3 is 15.0 Å². The lowest BCUT2D eigenvalue weighted by molar-refractivity contribution is -0.0493. The number of carbonyl (C=O) groups is 1. The normalized spacial score (nSPS) is 12.0. The molecule has 0 fully saturated rings. The van der Waals surface area contributed by atoms with Crippen molar-refractivity contribution in [2.75, 3.05) is 12.4 Å². The molecule has 0 saturated heterocycles. The number of benzene rings is 2. The Balaban J connectivity index is 2.19. The number of hydrogen-bond acceptors (Lipinski definition) is 2. The van der Waals surface area contributed by atoms with Crippen LogP contribution in [0.25, 0.3) is 0 Å². The molecule has 134 valence electrons. The van der Waals surface area contributed by atoms with Gasteiger partial charge in [0.1, 0.15) is 5.75 Å². The Kier molecular flexibility index (Phi) is 6.20. The van der Waals surface area contributed by atoms with Gasteiger partial charge in [-0.1, -0.05) is 35.9 Å². The van der Waals surface area contributed by atoms with Gasteiger partial charge in [-0.25, -0.2) is 4.79 Å². The molecular weight excluding hydrogens is 350 g/mol. The molecule has 2 aromatic rings. The first kappa shape index (κ1) is 19.0. The molecule has 4 nitrogen and oxygen atoms in total. The first-order valence-corrected chi connectivity index (χ1v) is 8.01. The van der Waals surface area contributed by atoms with E-state index in [1.54, 1.807) is 44.3 Å². The summed E-state index contributed by atoms with van der Waals surface area (Å²) < 4.78 is 29.6. The molecule has 0 bridgehead atoms. The average molecular weight is 369 g/mol. The molecular formula is C18H19ClF2N2O2. The third-order valence-electron chi connectivity index (χ3n) is 3.91. The maximum atomic E-state index is 12.6. The maximum absolute atomic E-state index is 12.6. The van der Waals surface area contributed by atoms with Crippen LogP contribution in [0.15, 0.2) is 42.5 Å². The standard InChI is InChI=1S/C18H19ClF2N2O2/c1-11-6-4-9-15(25-17(20)21)16(11)22-18(24)23(3)12(2)13-7-5-8-14(19)10-13/h4-10,12,17H,1-3H3,(H,22,24). The van der Waals surface area contributed by atoms with Crippen molar-refractivity contribution < 1.29 is 18.3 Å². The third-order valence-corrected chi connectivity index (χ3v) is 4.15. The summed E-state index contributed by atoms with van der Waals surface area (Å²) in [7, 11) is 1.62. The topological polar surface area (TPSA) is 41.6 Å². The largest absolute Gasteiger partial charge is 0.433 e. The summed E-state index contributed by atoms with van der Waals surface area (Å²) in [6.07, 6.45) is 0. The van der Waals surface area contributed by atoms with Crippen molar-refractivity contribution in [3.05, 3.63) is 58.6 Å². The first-order chi connectivity index (χ1) is 11.8. The lowest BCUT2D eigenvalue weighted by Crippen LogP contribution is -2.34. The predicted octanol–water partition coefficient (Wildman–Crippen LogP) is 5.47. The van der Waals surface area contributed by atoms with E-state index in [2.05, 4.69) is 10.1 Å². The van der Waals surface area contributed by atoms with Crippen molar-refractivity contribution >= 4 is 23.3 Å². The van der Waals surface area contributed by atoms with E-state index in [9.17, 15) is 13.6 Å². The molecule has 2 aromatic carbocycles. The average Bonchev–Trinajstić information content (AvgIpc) is 2.56. The number of anilines is 1. The van der Waals surface area contributed by atoms with E-state index < -0.39 is 12.6 Å². The van der Waals surface area contributed by atoms with Gasteiger partial charge in [0, 0.05) is 12.1 Å². The molecule has 1 N–H and O–H groups in total. The molecule has 1 atom stereocenters. The zero-order chi connectivity index (χ0) is 18.6. The van der Waals surface area contributed by atoms with Crippen molar-refractivity contribution in [3.8, 4) is 5.75 Å². The first-order valence-electron chi connectivity index (χ1n) is 7.63. The molecule has 0 heterocycles. The fraction of sp³-hybridized carbons (Fsp3) is 0.278. The van der Waals surface area contributed by atoms with Crippen molar-refractivity contribution in [1.82, 2.24) is 4.90 Å². The summed E-state index contributed by atoms with van der Waals surface area (Å²) >= 11 is 5.99. The summed E-state index contributed by atoms with van der Waals surface area (Å²) in [5, 5.41) is 3.22. The molecule has 1 unspecified atom stereocenters. The highest BCUT2D eigenvalue weighted by Gasteiger charge is 2.20. The van der Waals surface area contributed by atoms with Crippen molar-refractivity contribution in [3.63, 3.8) is 0 Å². The van der Waals surface area contributed by atoms with Gasteiger partial charge in [0.25, 0.3) is 0 Å². The van der Waals surface area contributed by atoms with Gasteiger partial charge >= 0.3 is 12.6 Å². The monoisotopic (exact) mass is 368 g/mol. The van der Waals surface area contributed by atoms with E-state index in [4.69, 9.17) is 11.6 Å². The minimum Gasteiger partial charge on any atom is -0.433 e. The molecule has 0 saturated carbocycles. The number of rotatable bonds is 5. The Hall–Kier alpha value is -2.34. The number of ether oxygens (including phenoxy) is 1. The van der Waals surface area contributed by atoms with Gasteiger partial charge in [-0.3, -0.25) is 0 Å². The van der Waals surface area contributed by atoms with Crippen LogP contribution in [0.5, 0.6) is 5.75 Å². The van der Waals surface area contributed by atoms with Crippen molar-refractivity contribution in [1.29, 1.82) is 0 Å². The molecule has 2 rings (SSSR count). The van der Waals surface area contributed by atoms with Crippen LogP contribution in [0.1, 0.15) is 24.1 Å². The molecule has 0 aliphatic heterocycles. The Labute approximate surface area is 150 Å². The minimum absolute atomic E-state index is 0.0767. The highest BCUT2D eigenvalue weighted by atomic mass is 35.5. The molecule has 0 spiro atoms. The number of halogens is 3. The van der Waals surface area contributed by atoms with Gasteiger partial charge in [0.15, 0.2) is 0 Å². The zero-order valence-corrected chi connectivity index (χ0v) is 14.8. The third kappa shape index (κ3) is 4.82. The van der Waals surface area contributed by atoms with E-state index >= 15 is 0 Å². The van der Waals surface area contributed by atoms with E-state index in [1.807, 2.05) is 13.0 Å². The Morgan fingerprint density at radius 3 is 2.56 bits per heavy atom. The van der Waals surface area contributed by atoms with E-state index in [0.717, 1.165) is 5.56 Å². The number of urea groups is 1. The highest BCUT2D eigenvalue weighted by Crippen LogP contribution is 2.30. The number of carbonyl (C=O) groups excluding carboxylic acids is 1. The van der Waals surface area contributed by atoms with Gasteiger partial charge in [-0.15, -0.1) is 0 Å². The van der Waals surface area contributed by atoms with Crippen LogP contribution in [0.4, 0.5) is 19.3 Å². The van der Waals surface area contributed by atoms with E-state index in [0.29, 0.717) is 10.6 Å². The number of para-hydroxylation sites is 1. The van der Waals surface area contributed by atoms with Crippen LogP contribution in [-0.2, 0) is 0 Å². The lowest BCUT2D eigenvalue weighted by atomic mass is 10.1. The number of nitrogens with one attached hydrogen (secondary N) is 1. The summed E-state index contributed by atoms with van der Waals surface area (Å²) in [6.45, 7) is 0.578. The Bertz CT molecular complexity index is 756. The second kappa shape index (κ2) is 8.16. The maximum Gasteiger partial charge on any atom is 0.387 e. The van der Waals surface area contributed by atoms with Gasteiger partial charge in [0.2, 0.25) is 0 Å². The lowest BCUT2D eigenvalue weighted by Gasteiger charge is -2.26. The summed E-state index contributed by atoms with van der Waals surface area (Å²) in [5.41, 5.74) is 1.70. The van der Waals surface area contributed by atoms with Crippen LogP contribution in [0.3, 0.4) is 0 Å². The van der Waals surface area contributed by atoms with Gasteiger partial charge in [0.05, 0.1) is 11.7 Å². The van der Waals surface area contributed by atoms with E-state index in [1.165, 1.54) is 11.0 Å². The molecule has 0 aliphatic carbocycles. The highest BCUT2D eigenvalue weighted by molar-refractivity contribution is 6.30. The van der Waals surface area contributed by atoms with E-state index in [-0.39, 0.29) is 17.5 Å². The van der Waals surface area contributed by atoms with Crippen molar-refractivity contribution in [2.45, 2.75) is 26.5 Å². The second-order valence-corrected chi connectivity index (χ2v) is 6.04. The molecule has 0 aromatic heterocycles. The van der Waals surface area contributed by atoms with Crippen molar-refractivity contribution in [2.24, 2.45) is 0 Å². The number of alkyl halides is 2. The van der Waals surface area contributed by atoms with Crippen LogP contribution in [0, 0.1) is 6.92 Å². The summed E-state index contributed by atoms with van der Waals surface area (Å²) in [6, 6.07) is 11.1. The van der Waals surface area contributed by atoms with Crippen LogP contribution >= 0.6 is 11.6 Å². The number of hydrogen-bond donors (Lipinski definition) is 1. The number of aryl methyl sites for hydroxylation is 1. The summed E-state index contributed by atoms with van der Waals surface area (Å²) in [5.74, 6) is -0.0767. The zero-order valence-electron chi connectivity index (χ0n) is 14.1. The Morgan fingerprint density at radius 2 is 1.92 bits per heavy atom. The smallest absolute Gasteiger partial charge is 0.387 e. The molecule has 0 radical (unpaired) electrons. The van der Waals surface area contributed by atoms with Gasteiger partial charge in [-0.05, 0) is 43.2 Å². The van der Waals surface area contributed by atoms with Gasteiger partial charge in [-0.2, -0.15) is 8.78 Å². The summed E-state index contributed by atoms with van der Waals surface area (Å²) in [4.78, 5) is 14.0. The molecule has 7 heteroatoms. The second-order valence-electron chi connectivity index (χ2n) is 5.60. The van der Waals surface area contributed by atoms with Crippen LogP contribution < -0.4 is 10.1 Å². The molecule has 0 aliphatic rings. The number of nitrogens with zero attached hydrogens (tertiary/aromatic N) is 1. The molecule has 2 amide bonds. The molecule has 25 heavy (non-hydrogen) atoms. The van der Waals surface area contributed by atoms with Crippen LogP contribution in [-0.4, -0.2) is 24.6 Å². The minimum atomic E-state index is -2.97. The fourth-order valence-electron chi connectivity index (χ4n) is 2.36. The quantitative estimate of drug-likeness (QED) is 0.759. The number of amides is 2.